The molecule has 0 spiro atoms. The van der Waals surface area contributed by atoms with Crippen molar-refractivity contribution in [3.8, 4) is 16.9 Å². The number of amides is 2. The van der Waals surface area contributed by atoms with E-state index in [0.717, 1.165) is 16.9 Å². The fourth-order valence-corrected chi connectivity index (χ4v) is 3.67. The van der Waals surface area contributed by atoms with Crippen LogP contribution in [0, 0.1) is 13.8 Å². The molecule has 8 heteroatoms. The highest BCUT2D eigenvalue weighted by Gasteiger charge is 2.28. The van der Waals surface area contributed by atoms with Gasteiger partial charge >= 0.3 is 0 Å². The van der Waals surface area contributed by atoms with E-state index in [1.807, 2.05) is 74.5 Å². The smallest absolute Gasteiger partial charge is 0.256 e. The molecule has 0 radical (unpaired) electrons. The first kappa shape index (κ1) is 21.0. The van der Waals surface area contributed by atoms with Crippen LogP contribution in [-0.4, -0.2) is 26.8 Å². The average molecular weight is 429 g/mol. The third kappa shape index (κ3) is 4.15. The van der Waals surface area contributed by atoms with E-state index in [2.05, 4.69) is 15.6 Å². The van der Waals surface area contributed by atoms with Crippen LogP contribution < -0.4 is 11.1 Å². The summed E-state index contributed by atoms with van der Waals surface area (Å²) in [5.41, 5.74) is 9.89. The molecule has 0 saturated carbocycles. The van der Waals surface area contributed by atoms with Crippen molar-refractivity contribution in [3.63, 3.8) is 0 Å². The first-order chi connectivity index (χ1) is 15.5. The number of primary amides is 1. The number of benzene rings is 2. The van der Waals surface area contributed by atoms with Gasteiger partial charge < -0.3 is 10.3 Å². The molecule has 4 aromatic rings. The second kappa shape index (κ2) is 8.89. The van der Waals surface area contributed by atoms with Crippen molar-refractivity contribution in [2.45, 2.75) is 26.7 Å². The molecule has 0 aliphatic carbocycles. The Bertz CT molecular complexity index is 1260. The quantitative estimate of drug-likeness (QED) is 0.463. The molecule has 0 fully saturated rings. The Kier molecular flexibility index (Phi) is 5.85. The summed E-state index contributed by atoms with van der Waals surface area (Å²) >= 11 is 0. The molecule has 0 bridgehead atoms. The summed E-state index contributed by atoms with van der Waals surface area (Å²) in [6.45, 7) is 3.69. The molecule has 2 aromatic heterocycles. The molecular weight excluding hydrogens is 406 g/mol. The molecule has 0 aliphatic heterocycles. The Labute approximate surface area is 185 Å². The predicted molar refractivity (Wildman–Crippen MR) is 120 cm³/mol. The molecule has 2 aromatic carbocycles. The van der Waals surface area contributed by atoms with Crippen LogP contribution in [0.2, 0.25) is 0 Å². The topological polar surface area (TPSA) is 116 Å². The SMILES string of the molecule is Cc1nn(-c2ccccc2)c(C)c1-c1noc(NC(=O)CCc2ccccc2)c1C(N)=O. The number of hydrogen-bond donors (Lipinski definition) is 2. The number of aromatic nitrogens is 3. The van der Waals surface area contributed by atoms with Crippen molar-refractivity contribution in [2.24, 2.45) is 5.73 Å². The summed E-state index contributed by atoms with van der Waals surface area (Å²) in [7, 11) is 0. The van der Waals surface area contributed by atoms with Crippen LogP contribution in [0.3, 0.4) is 0 Å². The van der Waals surface area contributed by atoms with Gasteiger partial charge in [-0.05, 0) is 38.0 Å². The van der Waals surface area contributed by atoms with Crippen LogP contribution in [0.1, 0.15) is 33.7 Å². The minimum Gasteiger partial charge on any atom is -0.365 e. The third-order valence-electron chi connectivity index (χ3n) is 5.20. The maximum atomic E-state index is 12.5. The molecule has 32 heavy (non-hydrogen) atoms. The van der Waals surface area contributed by atoms with Crippen molar-refractivity contribution in [1.82, 2.24) is 14.9 Å². The summed E-state index contributed by atoms with van der Waals surface area (Å²) in [4.78, 5) is 24.7. The van der Waals surface area contributed by atoms with Crippen LogP contribution in [-0.2, 0) is 11.2 Å². The lowest BCUT2D eigenvalue weighted by molar-refractivity contribution is -0.116. The van der Waals surface area contributed by atoms with Gasteiger partial charge in [-0.1, -0.05) is 53.7 Å². The van der Waals surface area contributed by atoms with Crippen molar-refractivity contribution < 1.29 is 14.1 Å². The average Bonchev–Trinajstić information content (AvgIpc) is 3.33. The third-order valence-corrected chi connectivity index (χ3v) is 5.20. The number of carbonyl (C=O) groups excluding carboxylic acids is 2. The van der Waals surface area contributed by atoms with Gasteiger partial charge in [0.05, 0.1) is 17.1 Å². The lowest BCUT2D eigenvalue weighted by Gasteiger charge is -2.05. The number of hydrogen-bond acceptors (Lipinski definition) is 5. The number of nitrogens with zero attached hydrogens (tertiary/aromatic N) is 3. The van der Waals surface area contributed by atoms with Crippen molar-refractivity contribution in [1.29, 1.82) is 0 Å². The van der Waals surface area contributed by atoms with E-state index in [-0.39, 0.29) is 29.5 Å². The Morgan fingerprint density at radius 3 is 2.34 bits per heavy atom. The maximum Gasteiger partial charge on any atom is 0.256 e. The summed E-state index contributed by atoms with van der Waals surface area (Å²) in [5, 5.41) is 11.3. The molecule has 0 saturated heterocycles. The van der Waals surface area contributed by atoms with Gasteiger partial charge in [0.1, 0.15) is 11.3 Å². The Balaban J connectivity index is 1.62. The molecule has 0 atom stereocenters. The van der Waals surface area contributed by atoms with Gasteiger partial charge in [-0.25, -0.2) is 4.68 Å². The first-order valence-corrected chi connectivity index (χ1v) is 10.2. The fraction of sp³-hybridized carbons (Fsp3) is 0.167. The molecule has 0 unspecified atom stereocenters. The number of nitrogens with one attached hydrogen (secondary N) is 1. The number of nitrogens with two attached hydrogens (primary N) is 1. The Morgan fingerprint density at radius 1 is 1.03 bits per heavy atom. The normalized spacial score (nSPS) is 10.8. The highest BCUT2D eigenvalue weighted by molar-refractivity contribution is 6.06. The van der Waals surface area contributed by atoms with E-state index < -0.39 is 5.91 Å². The monoisotopic (exact) mass is 429 g/mol. The zero-order chi connectivity index (χ0) is 22.7. The molecule has 162 valence electrons. The van der Waals surface area contributed by atoms with Crippen LogP contribution in [0.15, 0.2) is 65.2 Å². The zero-order valence-corrected chi connectivity index (χ0v) is 17.8. The standard InChI is InChI=1S/C24H23N5O3/c1-15-20(16(2)29(27-15)18-11-7-4-8-12-18)22-21(23(25)31)24(32-28-22)26-19(30)14-13-17-9-5-3-6-10-17/h3-12H,13-14H2,1-2H3,(H2,25,31)(H,26,30). The highest BCUT2D eigenvalue weighted by atomic mass is 16.5. The van der Waals surface area contributed by atoms with Gasteiger partial charge in [-0.3, -0.25) is 14.9 Å². The summed E-state index contributed by atoms with van der Waals surface area (Å²) in [6.07, 6.45) is 0.782. The molecular formula is C24H23N5O3. The van der Waals surface area contributed by atoms with E-state index in [1.54, 1.807) is 4.68 Å². The van der Waals surface area contributed by atoms with Gasteiger partial charge in [-0.15, -0.1) is 0 Å². The van der Waals surface area contributed by atoms with Crippen LogP contribution in [0.25, 0.3) is 16.9 Å². The highest BCUT2D eigenvalue weighted by Crippen LogP contribution is 2.34. The fourth-order valence-electron chi connectivity index (χ4n) is 3.67. The molecule has 4 rings (SSSR count). The van der Waals surface area contributed by atoms with Crippen LogP contribution >= 0.6 is 0 Å². The maximum absolute atomic E-state index is 12.5. The van der Waals surface area contributed by atoms with E-state index in [0.29, 0.717) is 17.7 Å². The minimum atomic E-state index is -0.745. The number of carbonyl (C=O) groups is 2. The molecule has 2 amide bonds. The number of para-hydroxylation sites is 1. The van der Waals surface area contributed by atoms with Crippen LogP contribution in [0.5, 0.6) is 0 Å². The molecule has 0 aliphatic rings. The van der Waals surface area contributed by atoms with E-state index in [1.165, 1.54) is 0 Å². The number of aryl methyl sites for hydroxylation is 2. The summed E-state index contributed by atoms with van der Waals surface area (Å²) < 4.78 is 7.11. The first-order valence-electron chi connectivity index (χ1n) is 10.2. The van der Waals surface area contributed by atoms with Gasteiger partial charge in [-0.2, -0.15) is 5.10 Å². The minimum absolute atomic E-state index is 0.0249. The van der Waals surface area contributed by atoms with Crippen molar-refractivity contribution >= 4 is 17.7 Å². The summed E-state index contributed by atoms with van der Waals surface area (Å²) in [6, 6.07) is 19.3. The van der Waals surface area contributed by atoms with Gasteiger partial charge in [0.2, 0.25) is 11.8 Å². The largest absolute Gasteiger partial charge is 0.365 e. The van der Waals surface area contributed by atoms with Gasteiger partial charge in [0.25, 0.3) is 5.91 Å². The second-order valence-corrected chi connectivity index (χ2v) is 7.43. The van der Waals surface area contributed by atoms with Gasteiger partial charge in [0.15, 0.2) is 0 Å². The van der Waals surface area contributed by atoms with Crippen LogP contribution in [0.4, 0.5) is 5.88 Å². The lowest BCUT2D eigenvalue weighted by Crippen LogP contribution is -2.18. The molecule has 8 nitrogen and oxygen atoms in total. The van der Waals surface area contributed by atoms with E-state index in [9.17, 15) is 9.59 Å². The summed E-state index contributed by atoms with van der Waals surface area (Å²) in [5.74, 6) is -1.10. The Hall–Kier alpha value is -4.20. The van der Waals surface area contributed by atoms with Crippen molar-refractivity contribution in [3.05, 3.63) is 83.2 Å². The zero-order valence-electron chi connectivity index (χ0n) is 17.8. The molecule has 2 heterocycles. The second-order valence-electron chi connectivity index (χ2n) is 7.43. The number of anilines is 1. The van der Waals surface area contributed by atoms with E-state index in [4.69, 9.17) is 10.3 Å². The van der Waals surface area contributed by atoms with Crippen molar-refractivity contribution in [2.75, 3.05) is 5.32 Å². The lowest BCUT2D eigenvalue weighted by atomic mass is 10.0. The Morgan fingerprint density at radius 2 is 1.69 bits per heavy atom. The van der Waals surface area contributed by atoms with E-state index >= 15 is 0 Å². The van der Waals surface area contributed by atoms with Gasteiger partial charge in [0, 0.05) is 12.0 Å². The number of rotatable bonds is 7. The predicted octanol–water partition coefficient (Wildman–Crippen LogP) is 3.81. The molecule has 3 N–H and O–H groups in total.